The topological polar surface area (TPSA) is 173 Å². The van der Waals surface area contributed by atoms with Gasteiger partial charge in [-0.15, -0.1) is 10.2 Å². The molecule has 262 valence electrons. The molecule has 12 nitrogen and oxygen atoms in total. The van der Waals surface area contributed by atoms with E-state index < -0.39 is 26.7 Å². The number of methoxy groups -OCH3 is 2. The average Bonchev–Trinajstić information content (AvgIpc) is 3.58. The molecule has 4 aromatic carbocycles. The molecule has 50 heavy (non-hydrogen) atoms. The van der Waals surface area contributed by atoms with Gasteiger partial charge in [-0.3, -0.25) is 4.99 Å². The van der Waals surface area contributed by atoms with E-state index in [9.17, 15) is 21.6 Å². The quantitative estimate of drug-likeness (QED) is 0.0845. The Morgan fingerprint density at radius 2 is 1.52 bits per heavy atom. The number of hydrogen-bond donors (Lipinski definition) is 3. The van der Waals surface area contributed by atoms with Gasteiger partial charge in [-0.25, -0.2) is 13.1 Å². The molecule has 5 aromatic rings. The van der Waals surface area contributed by atoms with Crippen LogP contribution in [0.1, 0.15) is 28.7 Å². The number of hydrogen-bond acceptors (Lipinski definition) is 9. The van der Waals surface area contributed by atoms with Crippen LogP contribution < -0.4 is 25.7 Å². The van der Waals surface area contributed by atoms with Gasteiger partial charge in [0.15, 0.2) is 0 Å². The highest BCUT2D eigenvalue weighted by Gasteiger charge is 2.41. The van der Waals surface area contributed by atoms with Crippen LogP contribution in [0.15, 0.2) is 94.8 Å². The summed E-state index contributed by atoms with van der Waals surface area (Å²) < 4.78 is 84.7. The number of halogens is 3. The average molecular weight is 709 g/mol. The Kier molecular flexibility index (Phi) is 11.1. The Hall–Kier alpha value is -5.32. The van der Waals surface area contributed by atoms with Crippen LogP contribution >= 0.6 is 0 Å². The zero-order chi connectivity index (χ0) is 35.9. The summed E-state index contributed by atoms with van der Waals surface area (Å²) in [6.45, 7) is 0.671. The zero-order valence-corrected chi connectivity index (χ0v) is 28.0. The van der Waals surface area contributed by atoms with E-state index in [0.29, 0.717) is 47.7 Å². The molecule has 0 spiro atoms. The van der Waals surface area contributed by atoms with Gasteiger partial charge < -0.3 is 20.9 Å². The summed E-state index contributed by atoms with van der Waals surface area (Å²) in [6, 6.07) is 21.8. The van der Waals surface area contributed by atoms with Gasteiger partial charge in [0.25, 0.3) is 0 Å². The Morgan fingerprint density at radius 1 is 0.900 bits per heavy atom. The first kappa shape index (κ1) is 36.0. The monoisotopic (exact) mass is 708 g/mol. The van der Waals surface area contributed by atoms with Crippen molar-refractivity contribution in [1.29, 1.82) is 0 Å². The molecule has 0 atom stereocenters. The van der Waals surface area contributed by atoms with Crippen molar-refractivity contribution in [2.24, 2.45) is 16.5 Å². The molecule has 0 saturated carbocycles. The number of nitrogens with two attached hydrogens (primary N) is 2. The fraction of sp³-hybridized carbons (Fsp3) is 0.235. The highest BCUT2D eigenvalue weighted by Crippen LogP contribution is 2.43. The van der Waals surface area contributed by atoms with E-state index in [4.69, 9.17) is 20.9 Å². The van der Waals surface area contributed by atoms with Gasteiger partial charge in [-0.05, 0) is 70.8 Å². The number of sulfonamides is 1. The SMILES string of the molecule is COc1ccc(CNS(=O)(=O)c2c(C(F)(F)F)ccc(-c3ccc(C(N)=NCCCN)cc3)c2-c2nnn(Cc3ccc(OC)cc3)n2)cc1. The molecule has 1 aromatic heterocycles. The number of rotatable bonds is 14. The lowest BCUT2D eigenvalue weighted by atomic mass is 9.95. The van der Waals surface area contributed by atoms with Crippen LogP contribution in [0, 0.1) is 0 Å². The maximum Gasteiger partial charge on any atom is 0.417 e. The molecule has 16 heteroatoms. The van der Waals surface area contributed by atoms with Crippen molar-refractivity contribution in [2.75, 3.05) is 27.3 Å². The number of nitrogens with one attached hydrogen (secondary N) is 1. The minimum absolute atomic E-state index is 0.0978. The number of ether oxygens (including phenoxy) is 2. The molecule has 0 amide bonds. The lowest BCUT2D eigenvalue weighted by molar-refractivity contribution is -0.139. The van der Waals surface area contributed by atoms with Crippen molar-refractivity contribution < 1.29 is 31.1 Å². The zero-order valence-electron chi connectivity index (χ0n) is 27.2. The van der Waals surface area contributed by atoms with Crippen molar-refractivity contribution in [3.05, 3.63) is 107 Å². The fourth-order valence-electron chi connectivity index (χ4n) is 5.05. The molecular formula is C34H35F3N8O4S. The number of aromatic nitrogens is 4. The summed E-state index contributed by atoms with van der Waals surface area (Å²) in [5, 5.41) is 12.5. The Labute approximate surface area is 287 Å². The third-order valence-electron chi connectivity index (χ3n) is 7.65. The van der Waals surface area contributed by atoms with E-state index in [1.165, 1.54) is 25.1 Å². The molecule has 0 aliphatic carbocycles. The predicted molar refractivity (Wildman–Crippen MR) is 182 cm³/mol. The third-order valence-corrected chi connectivity index (χ3v) is 9.14. The van der Waals surface area contributed by atoms with Crippen LogP contribution in [0.3, 0.4) is 0 Å². The Bertz CT molecular complexity index is 2050. The van der Waals surface area contributed by atoms with Crippen LogP contribution in [0.5, 0.6) is 11.5 Å². The van der Waals surface area contributed by atoms with Gasteiger partial charge in [0.05, 0.1) is 31.9 Å². The van der Waals surface area contributed by atoms with E-state index in [1.54, 1.807) is 72.8 Å². The number of aliphatic imine (C=N–C) groups is 1. The van der Waals surface area contributed by atoms with E-state index in [1.807, 2.05) is 0 Å². The van der Waals surface area contributed by atoms with Gasteiger partial charge in [0.2, 0.25) is 15.8 Å². The van der Waals surface area contributed by atoms with Crippen LogP contribution in [0.4, 0.5) is 13.2 Å². The van der Waals surface area contributed by atoms with Gasteiger partial charge >= 0.3 is 6.18 Å². The fourth-order valence-corrected chi connectivity index (χ4v) is 6.49. The molecule has 1 heterocycles. The van der Waals surface area contributed by atoms with Crippen molar-refractivity contribution in [3.63, 3.8) is 0 Å². The first-order valence-corrected chi connectivity index (χ1v) is 16.8. The molecule has 0 unspecified atom stereocenters. The van der Waals surface area contributed by atoms with Crippen molar-refractivity contribution in [3.8, 4) is 34.0 Å². The summed E-state index contributed by atoms with van der Waals surface area (Å²) in [5.41, 5.74) is 12.2. The second-order valence-electron chi connectivity index (χ2n) is 11.0. The molecule has 0 bridgehead atoms. The molecular weight excluding hydrogens is 673 g/mol. The normalized spacial score (nSPS) is 12.2. The van der Waals surface area contributed by atoms with Gasteiger partial charge in [0, 0.05) is 18.7 Å². The van der Waals surface area contributed by atoms with Crippen LogP contribution in [-0.4, -0.2) is 61.8 Å². The Balaban J connectivity index is 1.64. The first-order chi connectivity index (χ1) is 23.9. The van der Waals surface area contributed by atoms with Crippen LogP contribution in [0.2, 0.25) is 0 Å². The van der Waals surface area contributed by atoms with Crippen molar-refractivity contribution in [2.45, 2.75) is 30.6 Å². The van der Waals surface area contributed by atoms with Gasteiger partial charge in [-0.2, -0.15) is 18.0 Å². The molecule has 0 aliphatic heterocycles. The molecule has 0 radical (unpaired) electrons. The van der Waals surface area contributed by atoms with Crippen LogP contribution in [-0.2, 0) is 29.3 Å². The second kappa shape index (κ2) is 15.5. The first-order valence-electron chi connectivity index (χ1n) is 15.3. The lowest BCUT2D eigenvalue weighted by Crippen LogP contribution is -2.27. The number of alkyl halides is 3. The smallest absolute Gasteiger partial charge is 0.417 e. The molecule has 5 rings (SSSR count). The summed E-state index contributed by atoms with van der Waals surface area (Å²) in [5.74, 6) is 1.09. The van der Waals surface area contributed by atoms with E-state index >= 15 is 0 Å². The second-order valence-corrected chi connectivity index (χ2v) is 12.7. The summed E-state index contributed by atoms with van der Waals surface area (Å²) >= 11 is 0. The number of amidine groups is 1. The Morgan fingerprint density at radius 3 is 2.10 bits per heavy atom. The summed E-state index contributed by atoms with van der Waals surface area (Å²) in [4.78, 5) is 4.43. The van der Waals surface area contributed by atoms with E-state index in [0.717, 1.165) is 11.6 Å². The number of tetrazole rings is 1. The number of nitrogens with zero attached hydrogens (tertiary/aromatic N) is 5. The predicted octanol–water partition coefficient (Wildman–Crippen LogP) is 4.62. The maximum atomic E-state index is 14.7. The maximum absolute atomic E-state index is 14.7. The van der Waals surface area contributed by atoms with Crippen LogP contribution in [0.25, 0.3) is 22.5 Å². The highest BCUT2D eigenvalue weighted by molar-refractivity contribution is 7.89. The lowest BCUT2D eigenvalue weighted by Gasteiger charge is -2.19. The minimum Gasteiger partial charge on any atom is -0.497 e. The molecule has 0 saturated heterocycles. The van der Waals surface area contributed by atoms with E-state index in [2.05, 4.69) is 25.1 Å². The number of benzene rings is 4. The van der Waals surface area contributed by atoms with Crippen molar-refractivity contribution >= 4 is 15.9 Å². The largest absolute Gasteiger partial charge is 0.497 e. The van der Waals surface area contributed by atoms with E-state index in [-0.39, 0.29) is 35.9 Å². The highest BCUT2D eigenvalue weighted by atomic mass is 32.2. The standard InChI is InChI=1S/C34H35F3N8O4S/c1-48-26-12-4-22(5-13-26)20-41-50(46,47)31-29(34(35,36)37)17-16-28(24-8-10-25(11-9-24)32(39)40-19-3-18-38)30(31)33-42-44-45(43-33)21-23-6-14-27(49-2)15-7-23/h4-17,41H,3,18-21,38H2,1-2H3,(H2,39,40). The molecule has 0 fully saturated rings. The summed E-state index contributed by atoms with van der Waals surface area (Å²) in [6.07, 6.45) is -4.42. The minimum atomic E-state index is -5.06. The van der Waals surface area contributed by atoms with Crippen molar-refractivity contribution in [1.82, 2.24) is 24.9 Å². The van der Waals surface area contributed by atoms with Gasteiger partial charge in [-0.1, -0.05) is 54.6 Å². The summed E-state index contributed by atoms with van der Waals surface area (Å²) in [7, 11) is -1.86. The molecule has 0 aliphatic rings. The third kappa shape index (κ3) is 8.45. The molecule has 5 N–H and O–H groups in total. The van der Waals surface area contributed by atoms with Gasteiger partial charge in [0.1, 0.15) is 22.2 Å².